The molecule has 3 rings (SSSR count). The predicted octanol–water partition coefficient (Wildman–Crippen LogP) is 4.46. The van der Waals surface area contributed by atoms with Gasteiger partial charge in [0.15, 0.2) is 0 Å². The molecular formula is C20H16ClFN2O3S. The van der Waals surface area contributed by atoms with Crippen LogP contribution in [0.4, 0.5) is 15.8 Å². The van der Waals surface area contributed by atoms with Crippen LogP contribution in [0, 0.1) is 5.82 Å². The zero-order valence-corrected chi connectivity index (χ0v) is 16.1. The zero-order chi connectivity index (χ0) is 20.1. The molecule has 8 heteroatoms. The van der Waals surface area contributed by atoms with E-state index in [9.17, 15) is 17.6 Å². The van der Waals surface area contributed by atoms with Crippen LogP contribution in [0.1, 0.15) is 5.56 Å². The first-order valence-electron chi connectivity index (χ1n) is 8.25. The van der Waals surface area contributed by atoms with Crippen molar-refractivity contribution in [3.05, 3.63) is 89.2 Å². The number of carbonyl (C=O) groups excluding carboxylic acids is 1. The molecule has 0 aromatic heterocycles. The Morgan fingerprint density at radius 2 is 1.64 bits per heavy atom. The van der Waals surface area contributed by atoms with Gasteiger partial charge in [0, 0.05) is 16.4 Å². The molecule has 0 unspecified atom stereocenters. The number of hydrogen-bond acceptors (Lipinski definition) is 3. The summed E-state index contributed by atoms with van der Waals surface area (Å²) in [5.41, 5.74) is 0.909. The summed E-state index contributed by atoms with van der Waals surface area (Å²) in [6.45, 7) is 0. The first-order chi connectivity index (χ1) is 13.3. The van der Waals surface area contributed by atoms with Crippen LogP contribution in [0.5, 0.6) is 0 Å². The molecule has 0 atom stereocenters. The van der Waals surface area contributed by atoms with Crippen molar-refractivity contribution < 1.29 is 17.6 Å². The Morgan fingerprint density at radius 1 is 0.929 bits per heavy atom. The van der Waals surface area contributed by atoms with E-state index in [1.54, 1.807) is 42.5 Å². The normalized spacial score (nSPS) is 11.1. The van der Waals surface area contributed by atoms with E-state index in [0.29, 0.717) is 16.4 Å². The molecule has 3 aromatic carbocycles. The van der Waals surface area contributed by atoms with Gasteiger partial charge in [0.1, 0.15) is 5.82 Å². The highest BCUT2D eigenvalue weighted by Gasteiger charge is 2.15. The van der Waals surface area contributed by atoms with E-state index in [1.807, 2.05) is 0 Å². The lowest BCUT2D eigenvalue weighted by Gasteiger charge is -2.10. The summed E-state index contributed by atoms with van der Waals surface area (Å²) in [6, 6.07) is 18.0. The summed E-state index contributed by atoms with van der Waals surface area (Å²) in [5.74, 6) is -0.925. The van der Waals surface area contributed by atoms with Gasteiger partial charge in [-0.3, -0.25) is 9.52 Å². The molecule has 1 amide bonds. The minimum Gasteiger partial charge on any atom is -0.326 e. The average molecular weight is 419 g/mol. The highest BCUT2D eigenvalue weighted by molar-refractivity contribution is 7.92. The third kappa shape index (κ3) is 5.09. The Morgan fingerprint density at radius 3 is 2.36 bits per heavy atom. The van der Waals surface area contributed by atoms with Gasteiger partial charge in [-0.2, -0.15) is 0 Å². The third-order valence-electron chi connectivity index (χ3n) is 3.83. The van der Waals surface area contributed by atoms with E-state index in [4.69, 9.17) is 11.6 Å². The highest BCUT2D eigenvalue weighted by Crippen LogP contribution is 2.21. The van der Waals surface area contributed by atoms with Crippen LogP contribution in [-0.4, -0.2) is 14.3 Å². The second kappa shape index (κ2) is 8.41. The molecule has 5 nitrogen and oxygen atoms in total. The van der Waals surface area contributed by atoms with Gasteiger partial charge in [-0.05, 0) is 54.1 Å². The standard InChI is InChI=1S/C20H16ClFN2O3S/c21-15-8-10-16(11-9-15)24-28(26,27)18-6-3-5-17(13-18)23-20(25)12-14-4-1-2-7-19(14)22/h1-11,13,24H,12H2,(H,23,25). The molecule has 0 aliphatic heterocycles. The molecule has 0 fully saturated rings. The second-order valence-corrected chi connectivity index (χ2v) is 8.08. The molecule has 0 radical (unpaired) electrons. The van der Waals surface area contributed by atoms with Crippen molar-refractivity contribution in [2.75, 3.05) is 10.0 Å². The topological polar surface area (TPSA) is 75.3 Å². The molecule has 0 saturated carbocycles. The molecule has 3 aromatic rings. The largest absolute Gasteiger partial charge is 0.326 e. The number of benzene rings is 3. The maximum Gasteiger partial charge on any atom is 0.261 e. The fraction of sp³-hybridized carbons (Fsp3) is 0.0500. The van der Waals surface area contributed by atoms with Crippen LogP contribution >= 0.6 is 11.6 Å². The Bertz CT molecular complexity index is 1100. The van der Waals surface area contributed by atoms with Crippen molar-refractivity contribution >= 4 is 38.9 Å². The molecule has 0 aliphatic rings. The summed E-state index contributed by atoms with van der Waals surface area (Å²) in [4.78, 5) is 12.1. The van der Waals surface area contributed by atoms with E-state index in [2.05, 4.69) is 10.0 Å². The lowest BCUT2D eigenvalue weighted by Crippen LogP contribution is -2.16. The average Bonchev–Trinajstić information content (AvgIpc) is 2.65. The Labute approximate surface area is 167 Å². The van der Waals surface area contributed by atoms with Crippen LogP contribution in [0.3, 0.4) is 0 Å². The summed E-state index contributed by atoms with van der Waals surface area (Å²) in [6.07, 6.45) is -0.160. The van der Waals surface area contributed by atoms with Crippen LogP contribution in [0.2, 0.25) is 5.02 Å². The van der Waals surface area contributed by atoms with Gasteiger partial charge >= 0.3 is 0 Å². The molecule has 2 N–H and O–H groups in total. The first kappa shape index (κ1) is 19.9. The number of halogens is 2. The van der Waals surface area contributed by atoms with Crippen molar-refractivity contribution in [1.29, 1.82) is 0 Å². The van der Waals surface area contributed by atoms with Gasteiger partial charge in [-0.15, -0.1) is 0 Å². The van der Waals surface area contributed by atoms with E-state index in [1.165, 1.54) is 30.3 Å². The van der Waals surface area contributed by atoms with Crippen LogP contribution in [-0.2, 0) is 21.2 Å². The number of sulfonamides is 1. The van der Waals surface area contributed by atoms with Crippen molar-refractivity contribution in [3.63, 3.8) is 0 Å². The van der Waals surface area contributed by atoms with Crippen molar-refractivity contribution in [1.82, 2.24) is 0 Å². The second-order valence-electron chi connectivity index (χ2n) is 5.96. The predicted molar refractivity (Wildman–Crippen MR) is 107 cm³/mol. The number of nitrogens with one attached hydrogen (secondary N) is 2. The molecule has 0 aliphatic carbocycles. The Balaban J connectivity index is 1.73. The molecule has 0 spiro atoms. The zero-order valence-electron chi connectivity index (χ0n) is 14.5. The van der Waals surface area contributed by atoms with Gasteiger partial charge in [-0.25, -0.2) is 12.8 Å². The quantitative estimate of drug-likeness (QED) is 0.620. The number of anilines is 2. The van der Waals surface area contributed by atoms with Crippen LogP contribution in [0.15, 0.2) is 77.7 Å². The smallest absolute Gasteiger partial charge is 0.261 e. The van der Waals surface area contributed by atoms with E-state index < -0.39 is 21.7 Å². The van der Waals surface area contributed by atoms with Gasteiger partial charge in [0.25, 0.3) is 10.0 Å². The summed E-state index contributed by atoms with van der Waals surface area (Å²) in [7, 11) is -3.85. The van der Waals surface area contributed by atoms with Gasteiger partial charge in [0.05, 0.1) is 11.3 Å². The lowest BCUT2D eigenvalue weighted by atomic mass is 10.1. The minimum absolute atomic E-state index is 0.0221. The number of amides is 1. The van der Waals surface area contributed by atoms with Crippen molar-refractivity contribution in [3.8, 4) is 0 Å². The maximum atomic E-state index is 13.7. The Hall–Kier alpha value is -2.90. The summed E-state index contributed by atoms with van der Waals surface area (Å²) >= 11 is 5.80. The van der Waals surface area contributed by atoms with Gasteiger partial charge in [0.2, 0.25) is 5.91 Å². The Kier molecular flexibility index (Phi) is 5.96. The molecule has 0 bridgehead atoms. The molecule has 0 saturated heterocycles. The monoisotopic (exact) mass is 418 g/mol. The first-order valence-corrected chi connectivity index (χ1v) is 10.1. The van der Waals surface area contributed by atoms with E-state index >= 15 is 0 Å². The molecule has 144 valence electrons. The molecule has 0 heterocycles. The molecular weight excluding hydrogens is 403 g/mol. The third-order valence-corrected chi connectivity index (χ3v) is 5.46. The summed E-state index contributed by atoms with van der Waals surface area (Å²) < 4.78 is 41.2. The van der Waals surface area contributed by atoms with Crippen LogP contribution in [0.25, 0.3) is 0 Å². The lowest BCUT2D eigenvalue weighted by molar-refractivity contribution is -0.115. The number of carbonyl (C=O) groups is 1. The fourth-order valence-corrected chi connectivity index (χ4v) is 3.72. The number of hydrogen-bond donors (Lipinski definition) is 2. The van der Waals surface area contributed by atoms with E-state index in [-0.39, 0.29) is 16.9 Å². The fourth-order valence-electron chi connectivity index (χ4n) is 2.49. The van der Waals surface area contributed by atoms with Crippen molar-refractivity contribution in [2.45, 2.75) is 11.3 Å². The summed E-state index contributed by atoms with van der Waals surface area (Å²) in [5, 5.41) is 3.07. The highest BCUT2D eigenvalue weighted by atomic mass is 35.5. The maximum absolute atomic E-state index is 13.7. The van der Waals surface area contributed by atoms with Gasteiger partial charge < -0.3 is 5.32 Å². The SMILES string of the molecule is O=C(Cc1ccccc1F)Nc1cccc(S(=O)(=O)Nc2ccc(Cl)cc2)c1. The number of rotatable bonds is 6. The van der Waals surface area contributed by atoms with Crippen molar-refractivity contribution in [2.24, 2.45) is 0 Å². The minimum atomic E-state index is -3.85. The molecule has 28 heavy (non-hydrogen) atoms. The van der Waals surface area contributed by atoms with Crippen LogP contribution < -0.4 is 10.0 Å². The van der Waals surface area contributed by atoms with E-state index in [0.717, 1.165) is 0 Å². The van der Waals surface area contributed by atoms with Gasteiger partial charge in [-0.1, -0.05) is 35.9 Å².